The highest BCUT2D eigenvalue weighted by atomic mass is 16.3. The highest BCUT2D eigenvalue weighted by Gasteiger charge is 2.13. The SMILES string of the molecule is CCCn1c(=O)c(-c2ccc(C(=O)NCc3ccco3)cc2)nc2ccccc21. The third-order valence-electron chi connectivity index (χ3n) is 4.72. The summed E-state index contributed by atoms with van der Waals surface area (Å²) in [5, 5.41) is 2.81. The Balaban J connectivity index is 1.63. The minimum absolute atomic E-state index is 0.124. The molecular formula is C23H21N3O3. The van der Waals surface area contributed by atoms with Crippen LogP contribution in [0.2, 0.25) is 0 Å². The molecular weight excluding hydrogens is 366 g/mol. The van der Waals surface area contributed by atoms with Crippen molar-refractivity contribution in [1.29, 1.82) is 0 Å². The molecule has 1 N–H and O–H groups in total. The van der Waals surface area contributed by atoms with E-state index < -0.39 is 0 Å². The first-order valence-corrected chi connectivity index (χ1v) is 9.58. The van der Waals surface area contributed by atoms with E-state index in [0.29, 0.717) is 35.7 Å². The Kier molecular flexibility index (Phi) is 5.24. The van der Waals surface area contributed by atoms with Crippen molar-refractivity contribution < 1.29 is 9.21 Å². The number of furan rings is 1. The number of amides is 1. The van der Waals surface area contributed by atoms with E-state index in [1.54, 1.807) is 47.2 Å². The van der Waals surface area contributed by atoms with E-state index in [2.05, 4.69) is 10.3 Å². The number of aromatic nitrogens is 2. The van der Waals surface area contributed by atoms with Gasteiger partial charge in [-0.2, -0.15) is 0 Å². The topological polar surface area (TPSA) is 77.1 Å². The van der Waals surface area contributed by atoms with Gasteiger partial charge in [0.25, 0.3) is 11.5 Å². The molecule has 0 bridgehead atoms. The fourth-order valence-corrected chi connectivity index (χ4v) is 3.29. The Bertz CT molecular complexity index is 1190. The van der Waals surface area contributed by atoms with Crippen LogP contribution >= 0.6 is 0 Å². The summed E-state index contributed by atoms with van der Waals surface area (Å²) in [7, 11) is 0. The number of para-hydroxylation sites is 2. The molecule has 2 heterocycles. The van der Waals surface area contributed by atoms with Crippen molar-refractivity contribution >= 4 is 16.9 Å². The van der Waals surface area contributed by atoms with Crippen LogP contribution in [0.25, 0.3) is 22.3 Å². The number of nitrogens with zero attached hydrogens (tertiary/aromatic N) is 2. The fourth-order valence-electron chi connectivity index (χ4n) is 3.29. The van der Waals surface area contributed by atoms with Crippen LogP contribution in [0.1, 0.15) is 29.5 Å². The lowest BCUT2D eigenvalue weighted by molar-refractivity contribution is 0.0948. The van der Waals surface area contributed by atoms with Gasteiger partial charge in [0.15, 0.2) is 0 Å². The largest absolute Gasteiger partial charge is 0.467 e. The van der Waals surface area contributed by atoms with E-state index in [-0.39, 0.29) is 11.5 Å². The zero-order valence-electron chi connectivity index (χ0n) is 16.1. The lowest BCUT2D eigenvalue weighted by atomic mass is 10.1. The Morgan fingerprint density at radius 2 is 1.86 bits per heavy atom. The summed E-state index contributed by atoms with van der Waals surface area (Å²) >= 11 is 0. The average Bonchev–Trinajstić information content (AvgIpc) is 3.28. The quantitative estimate of drug-likeness (QED) is 0.543. The second kappa shape index (κ2) is 8.14. The van der Waals surface area contributed by atoms with E-state index in [1.165, 1.54) is 0 Å². The predicted molar refractivity (Wildman–Crippen MR) is 112 cm³/mol. The van der Waals surface area contributed by atoms with Crippen LogP contribution in [0, 0.1) is 0 Å². The molecule has 6 heteroatoms. The van der Waals surface area contributed by atoms with Crippen LogP contribution in [0.15, 0.2) is 76.1 Å². The highest BCUT2D eigenvalue weighted by Crippen LogP contribution is 2.19. The first-order chi connectivity index (χ1) is 14.2. The molecule has 4 rings (SSSR count). The second-order valence-electron chi connectivity index (χ2n) is 6.75. The van der Waals surface area contributed by atoms with Gasteiger partial charge in [-0.3, -0.25) is 9.59 Å². The van der Waals surface area contributed by atoms with Crippen LogP contribution in [-0.2, 0) is 13.1 Å². The molecule has 0 aliphatic carbocycles. The number of hydrogen-bond donors (Lipinski definition) is 1. The summed E-state index contributed by atoms with van der Waals surface area (Å²) in [5.74, 6) is 0.481. The van der Waals surface area contributed by atoms with Crippen molar-refractivity contribution in [2.75, 3.05) is 0 Å². The van der Waals surface area contributed by atoms with Crippen molar-refractivity contribution in [2.45, 2.75) is 26.4 Å². The molecule has 6 nitrogen and oxygen atoms in total. The Hall–Kier alpha value is -3.67. The van der Waals surface area contributed by atoms with Gasteiger partial charge in [0.1, 0.15) is 11.5 Å². The standard InChI is InChI=1S/C23H21N3O3/c1-2-13-26-20-8-4-3-7-19(20)25-21(23(26)28)16-9-11-17(12-10-16)22(27)24-15-18-6-5-14-29-18/h3-12,14H,2,13,15H2,1H3,(H,24,27). The van der Waals surface area contributed by atoms with Crippen molar-refractivity contribution in [1.82, 2.24) is 14.9 Å². The van der Waals surface area contributed by atoms with E-state index in [1.807, 2.05) is 31.2 Å². The van der Waals surface area contributed by atoms with Crippen molar-refractivity contribution in [2.24, 2.45) is 0 Å². The monoisotopic (exact) mass is 387 g/mol. The minimum Gasteiger partial charge on any atom is -0.467 e. The first kappa shape index (κ1) is 18.7. The third-order valence-corrected chi connectivity index (χ3v) is 4.72. The maximum Gasteiger partial charge on any atom is 0.277 e. The van der Waals surface area contributed by atoms with Crippen molar-refractivity contribution in [3.8, 4) is 11.3 Å². The number of aryl methyl sites for hydroxylation is 1. The molecule has 0 atom stereocenters. The van der Waals surface area contributed by atoms with Crippen LogP contribution in [-0.4, -0.2) is 15.5 Å². The summed E-state index contributed by atoms with van der Waals surface area (Å²) in [6, 6.07) is 18.1. The van der Waals surface area contributed by atoms with E-state index in [4.69, 9.17) is 4.42 Å². The summed E-state index contributed by atoms with van der Waals surface area (Å²) < 4.78 is 6.98. The fraction of sp³-hybridized carbons (Fsp3) is 0.174. The normalized spacial score (nSPS) is 10.9. The summed E-state index contributed by atoms with van der Waals surface area (Å²) in [4.78, 5) is 30.0. The maximum atomic E-state index is 13.0. The van der Waals surface area contributed by atoms with Gasteiger partial charge in [-0.05, 0) is 42.8 Å². The smallest absolute Gasteiger partial charge is 0.277 e. The molecule has 2 aromatic carbocycles. The Morgan fingerprint density at radius 3 is 2.59 bits per heavy atom. The molecule has 0 fully saturated rings. The molecule has 0 unspecified atom stereocenters. The zero-order chi connectivity index (χ0) is 20.2. The average molecular weight is 387 g/mol. The van der Waals surface area contributed by atoms with E-state index in [0.717, 1.165) is 17.5 Å². The lowest BCUT2D eigenvalue weighted by Crippen LogP contribution is -2.24. The van der Waals surface area contributed by atoms with Gasteiger partial charge >= 0.3 is 0 Å². The number of benzene rings is 2. The van der Waals surface area contributed by atoms with E-state index >= 15 is 0 Å². The maximum absolute atomic E-state index is 13.0. The molecule has 0 saturated heterocycles. The molecule has 1 amide bonds. The lowest BCUT2D eigenvalue weighted by Gasteiger charge is -2.11. The molecule has 29 heavy (non-hydrogen) atoms. The van der Waals surface area contributed by atoms with Gasteiger partial charge in [-0.25, -0.2) is 4.98 Å². The summed E-state index contributed by atoms with van der Waals surface area (Å²) in [6.07, 6.45) is 2.42. The van der Waals surface area contributed by atoms with Gasteiger partial charge in [0, 0.05) is 17.7 Å². The molecule has 0 saturated carbocycles. The van der Waals surface area contributed by atoms with Gasteiger partial charge in [0.05, 0.1) is 23.8 Å². The molecule has 0 aliphatic heterocycles. The van der Waals surface area contributed by atoms with Gasteiger partial charge in [-0.1, -0.05) is 31.2 Å². The summed E-state index contributed by atoms with van der Waals surface area (Å²) in [6.45, 7) is 2.99. The van der Waals surface area contributed by atoms with Crippen LogP contribution < -0.4 is 10.9 Å². The minimum atomic E-state index is -0.206. The van der Waals surface area contributed by atoms with Crippen LogP contribution in [0.3, 0.4) is 0 Å². The number of nitrogens with one attached hydrogen (secondary N) is 1. The number of hydrogen-bond acceptors (Lipinski definition) is 4. The molecule has 0 spiro atoms. The van der Waals surface area contributed by atoms with Crippen molar-refractivity contribution in [3.63, 3.8) is 0 Å². The van der Waals surface area contributed by atoms with Gasteiger partial charge in [0.2, 0.25) is 0 Å². The predicted octanol–water partition coefficient (Wildman–Crippen LogP) is 4.00. The molecule has 4 aromatic rings. The molecule has 146 valence electrons. The highest BCUT2D eigenvalue weighted by molar-refractivity contribution is 5.94. The molecule has 2 aromatic heterocycles. The van der Waals surface area contributed by atoms with Gasteiger partial charge in [-0.15, -0.1) is 0 Å². The third kappa shape index (κ3) is 3.82. The van der Waals surface area contributed by atoms with Crippen LogP contribution in [0.5, 0.6) is 0 Å². The zero-order valence-corrected chi connectivity index (χ0v) is 16.1. The number of carbonyl (C=O) groups is 1. The van der Waals surface area contributed by atoms with Crippen molar-refractivity contribution in [3.05, 3.63) is 88.6 Å². The summed E-state index contributed by atoms with van der Waals surface area (Å²) in [5.41, 5.74) is 3.07. The molecule has 0 radical (unpaired) electrons. The van der Waals surface area contributed by atoms with E-state index in [9.17, 15) is 9.59 Å². The Labute approximate surface area is 167 Å². The van der Waals surface area contributed by atoms with Crippen LogP contribution in [0.4, 0.5) is 0 Å². The second-order valence-corrected chi connectivity index (χ2v) is 6.75. The number of rotatable bonds is 6. The molecule has 0 aliphatic rings. The number of carbonyl (C=O) groups excluding carboxylic acids is 1. The van der Waals surface area contributed by atoms with Gasteiger partial charge < -0.3 is 14.3 Å². The number of fused-ring (bicyclic) bond motifs is 1. The first-order valence-electron chi connectivity index (χ1n) is 9.58. The Morgan fingerprint density at radius 1 is 1.07 bits per heavy atom.